The van der Waals surface area contributed by atoms with Gasteiger partial charge in [0.2, 0.25) is 0 Å². The van der Waals surface area contributed by atoms with Crippen molar-refractivity contribution in [2.24, 2.45) is 0 Å². The quantitative estimate of drug-likeness (QED) is 0.803. The highest BCUT2D eigenvalue weighted by Crippen LogP contribution is 2.43. The first-order valence-electron chi connectivity index (χ1n) is 6.40. The first-order valence-corrected chi connectivity index (χ1v) is 7.16. The van der Waals surface area contributed by atoms with Gasteiger partial charge in [0, 0.05) is 25.8 Å². The highest BCUT2D eigenvalue weighted by molar-refractivity contribution is 6.39. The standard InChI is InChI=1S/C15H15Cl2N3/c1-19-6-7-20(14-5-3-2-4-13(14)19)15-11(16)8-10(18)9-12(15)17/h2-5,8-9H,6-7,18H2,1H3. The number of hydrogen-bond donors (Lipinski definition) is 1. The molecule has 3 rings (SSSR count). The molecule has 0 aliphatic carbocycles. The monoisotopic (exact) mass is 307 g/mol. The minimum absolute atomic E-state index is 0.575. The third-order valence-corrected chi connectivity index (χ3v) is 4.13. The van der Waals surface area contributed by atoms with E-state index in [1.807, 2.05) is 12.1 Å². The van der Waals surface area contributed by atoms with Gasteiger partial charge in [-0.3, -0.25) is 0 Å². The van der Waals surface area contributed by atoms with Gasteiger partial charge in [-0.2, -0.15) is 0 Å². The average Bonchev–Trinajstić information content (AvgIpc) is 2.40. The number of para-hydroxylation sites is 2. The van der Waals surface area contributed by atoms with E-state index in [0.29, 0.717) is 15.7 Å². The fourth-order valence-electron chi connectivity index (χ4n) is 2.58. The summed E-state index contributed by atoms with van der Waals surface area (Å²) < 4.78 is 0. The lowest BCUT2D eigenvalue weighted by atomic mass is 10.1. The molecule has 2 N–H and O–H groups in total. The molecule has 20 heavy (non-hydrogen) atoms. The van der Waals surface area contributed by atoms with Crippen LogP contribution in [0.15, 0.2) is 36.4 Å². The topological polar surface area (TPSA) is 32.5 Å². The minimum atomic E-state index is 0.575. The molecule has 1 aliphatic heterocycles. The molecule has 0 unspecified atom stereocenters. The average molecular weight is 308 g/mol. The molecule has 0 radical (unpaired) electrons. The van der Waals surface area contributed by atoms with Gasteiger partial charge in [-0.25, -0.2) is 0 Å². The Balaban J connectivity index is 2.15. The normalized spacial score (nSPS) is 14.3. The van der Waals surface area contributed by atoms with Gasteiger partial charge in [0.1, 0.15) is 0 Å². The van der Waals surface area contributed by atoms with Crippen LogP contribution in [0.2, 0.25) is 10.0 Å². The molecule has 3 nitrogen and oxygen atoms in total. The van der Waals surface area contributed by atoms with Crippen molar-refractivity contribution in [2.45, 2.75) is 0 Å². The second-order valence-electron chi connectivity index (χ2n) is 4.90. The molecule has 0 spiro atoms. The number of rotatable bonds is 1. The highest BCUT2D eigenvalue weighted by atomic mass is 35.5. The molecule has 0 atom stereocenters. The smallest absolute Gasteiger partial charge is 0.0792 e. The van der Waals surface area contributed by atoms with Crippen molar-refractivity contribution in [3.63, 3.8) is 0 Å². The Morgan fingerprint density at radius 3 is 2.25 bits per heavy atom. The van der Waals surface area contributed by atoms with Crippen LogP contribution in [0.1, 0.15) is 0 Å². The van der Waals surface area contributed by atoms with Gasteiger partial charge in [-0.15, -0.1) is 0 Å². The van der Waals surface area contributed by atoms with Crippen molar-refractivity contribution in [3.05, 3.63) is 46.4 Å². The van der Waals surface area contributed by atoms with E-state index in [9.17, 15) is 0 Å². The third-order valence-electron chi connectivity index (χ3n) is 3.55. The molecule has 1 aliphatic rings. The Hall–Kier alpha value is -1.58. The highest BCUT2D eigenvalue weighted by Gasteiger charge is 2.24. The maximum Gasteiger partial charge on any atom is 0.0792 e. The van der Waals surface area contributed by atoms with E-state index in [1.165, 1.54) is 5.69 Å². The maximum atomic E-state index is 6.35. The van der Waals surface area contributed by atoms with Crippen LogP contribution in [0.5, 0.6) is 0 Å². The molecular formula is C15H15Cl2N3. The van der Waals surface area contributed by atoms with Gasteiger partial charge >= 0.3 is 0 Å². The van der Waals surface area contributed by atoms with Crippen LogP contribution >= 0.6 is 23.2 Å². The van der Waals surface area contributed by atoms with E-state index in [1.54, 1.807) is 12.1 Å². The number of likely N-dealkylation sites (N-methyl/N-ethyl adjacent to an activating group) is 1. The van der Waals surface area contributed by atoms with E-state index >= 15 is 0 Å². The first kappa shape index (κ1) is 13.4. The first-order chi connectivity index (χ1) is 9.58. The number of nitrogens with two attached hydrogens (primary N) is 1. The van der Waals surface area contributed by atoms with Crippen molar-refractivity contribution in [2.75, 3.05) is 35.7 Å². The number of anilines is 4. The molecule has 5 heteroatoms. The molecular weight excluding hydrogens is 293 g/mol. The van der Waals surface area contributed by atoms with Crippen molar-refractivity contribution in [1.29, 1.82) is 0 Å². The lowest BCUT2D eigenvalue weighted by Gasteiger charge is -2.37. The van der Waals surface area contributed by atoms with Gasteiger partial charge in [0.15, 0.2) is 0 Å². The summed E-state index contributed by atoms with van der Waals surface area (Å²) in [5.41, 5.74) is 9.45. The number of nitrogen functional groups attached to an aromatic ring is 1. The molecule has 0 bridgehead atoms. The molecule has 0 fully saturated rings. The van der Waals surface area contributed by atoms with Gasteiger partial charge in [-0.05, 0) is 24.3 Å². The second kappa shape index (κ2) is 5.08. The Morgan fingerprint density at radius 1 is 1.00 bits per heavy atom. The third kappa shape index (κ3) is 2.17. The summed E-state index contributed by atoms with van der Waals surface area (Å²) in [6.07, 6.45) is 0. The molecule has 0 amide bonds. The zero-order chi connectivity index (χ0) is 14.3. The molecule has 2 aromatic rings. The van der Waals surface area contributed by atoms with E-state index < -0.39 is 0 Å². The zero-order valence-electron chi connectivity index (χ0n) is 11.1. The Morgan fingerprint density at radius 2 is 1.60 bits per heavy atom. The van der Waals surface area contributed by atoms with Crippen LogP contribution in [0.3, 0.4) is 0 Å². The van der Waals surface area contributed by atoms with E-state index in [0.717, 1.165) is 24.5 Å². The lowest BCUT2D eigenvalue weighted by Crippen LogP contribution is -2.36. The van der Waals surface area contributed by atoms with Crippen LogP contribution in [0.25, 0.3) is 0 Å². The second-order valence-corrected chi connectivity index (χ2v) is 5.71. The molecule has 1 heterocycles. The summed E-state index contributed by atoms with van der Waals surface area (Å²) in [6, 6.07) is 11.7. The zero-order valence-corrected chi connectivity index (χ0v) is 12.6. The fourth-order valence-corrected chi connectivity index (χ4v) is 3.29. The molecule has 0 aromatic heterocycles. The van der Waals surface area contributed by atoms with Gasteiger partial charge in [-0.1, -0.05) is 35.3 Å². The van der Waals surface area contributed by atoms with Crippen LogP contribution in [0, 0.1) is 0 Å². The van der Waals surface area contributed by atoms with Gasteiger partial charge < -0.3 is 15.5 Å². The number of nitrogens with zero attached hydrogens (tertiary/aromatic N) is 2. The summed E-state index contributed by atoms with van der Waals surface area (Å²) in [6.45, 7) is 1.74. The Labute approximate surface area is 128 Å². The molecule has 104 valence electrons. The maximum absolute atomic E-state index is 6.35. The predicted molar refractivity (Wildman–Crippen MR) is 87.6 cm³/mol. The SMILES string of the molecule is CN1CCN(c2c(Cl)cc(N)cc2Cl)c2ccccc21. The van der Waals surface area contributed by atoms with Crippen molar-refractivity contribution in [3.8, 4) is 0 Å². The van der Waals surface area contributed by atoms with Gasteiger partial charge in [0.25, 0.3) is 0 Å². The van der Waals surface area contributed by atoms with Crippen LogP contribution in [-0.4, -0.2) is 20.1 Å². The minimum Gasteiger partial charge on any atom is -0.399 e. The van der Waals surface area contributed by atoms with Crippen molar-refractivity contribution in [1.82, 2.24) is 0 Å². The largest absolute Gasteiger partial charge is 0.399 e. The van der Waals surface area contributed by atoms with Crippen LogP contribution in [-0.2, 0) is 0 Å². The van der Waals surface area contributed by atoms with E-state index in [-0.39, 0.29) is 0 Å². The summed E-state index contributed by atoms with van der Waals surface area (Å²) in [5, 5.41) is 1.16. The van der Waals surface area contributed by atoms with Crippen LogP contribution < -0.4 is 15.5 Å². The summed E-state index contributed by atoms with van der Waals surface area (Å²) >= 11 is 12.7. The molecule has 2 aromatic carbocycles. The number of hydrogen-bond acceptors (Lipinski definition) is 3. The Bertz CT molecular complexity index is 634. The molecule has 0 saturated heterocycles. The lowest BCUT2D eigenvalue weighted by molar-refractivity contribution is 0.822. The number of benzene rings is 2. The van der Waals surface area contributed by atoms with Gasteiger partial charge in [0.05, 0.1) is 27.1 Å². The fraction of sp³-hybridized carbons (Fsp3) is 0.200. The Kier molecular flexibility index (Phi) is 3.40. The molecule has 0 saturated carbocycles. The predicted octanol–water partition coefficient (Wildman–Crippen LogP) is 4.16. The summed E-state index contributed by atoms with van der Waals surface area (Å²) in [7, 11) is 2.09. The van der Waals surface area contributed by atoms with Crippen molar-refractivity contribution < 1.29 is 0 Å². The summed E-state index contributed by atoms with van der Waals surface area (Å²) in [4.78, 5) is 4.38. The van der Waals surface area contributed by atoms with Crippen molar-refractivity contribution >= 4 is 46.0 Å². The van der Waals surface area contributed by atoms with E-state index in [2.05, 4.69) is 29.0 Å². The number of fused-ring (bicyclic) bond motifs is 1. The summed E-state index contributed by atoms with van der Waals surface area (Å²) in [5.74, 6) is 0. The van der Waals surface area contributed by atoms with Crippen LogP contribution in [0.4, 0.5) is 22.7 Å². The van der Waals surface area contributed by atoms with E-state index in [4.69, 9.17) is 28.9 Å². The number of halogens is 2.